The summed E-state index contributed by atoms with van der Waals surface area (Å²) in [6, 6.07) is 9.74. The number of carboxylic acid groups (broad SMARTS) is 1. The van der Waals surface area contributed by atoms with Gasteiger partial charge in [-0.25, -0.2) is 0 Å². The number of hydrogen-bond donors (Lipinski definition) is 2. The molecule has 2 aliphatic rings. The Kier molecular flexibility index (Phi) is 5.51. The van der Waals surface area contributed by atoms with Crippen molar-refractivity contribution in [2.75, 3.05) is 23.4 Å². The third kappa shape index (κ3) is 4.30. The normalized spacial score (nSPS) is 17.2. The molecule has 9 heteroatoms. The Hall–Kier alpha value is -3.23. The van der Waals surface area contributed by atoms with Gasteiger partial charge in [-0.1, -0.05) is 24.3 Å². The van der Waals surface area contributed by atoms with E-state index in [0.29, 0.717) is 21.8 Å². The van der Waals surface area contributed by atoms with Crippen LogP contribution in [0.25, 0.3) is 0 Å². The lowest BCUT2D eigenvalue weighted by atomic mass is 9.97. The van der Waals surface area contributed by atoms with Gasteiger partial charge in [-0.05, 0) is 30.0 Å². The fourth-order valence-electron chi connectivity index (χ4n) is 4.13. The summed E-state index contributed by atoms with van der Waals surface area (Å²) >= 11 is 0. The summed E-state index contributed by atoms with van der Waals surface area (Å²) < 4.78 is 45.7. The second-order valence-corrected chi connectivity index (χ2v) is 7.70. The van der Waals surface area contributed by atoms with Gasteiger partial charge in [0, 0.05) is 35.5 Å². The molecule has 1 unspecified atom stereocenters. The number of carboxylic acids is 1. The van der Waals surface area contributed by atoms with Crippen molar-refractivity contribution in [2.45, 2.75) is 37.9 Å². The van der Waals surface area contributed by atoms with Gasteiger partial charge >= 0.3 is 18.1 Å². The fourth-order valence-corrected chi connectivity index (χ4v) is 4.13. The van der Waals surface area contributed by atoms with E-state index in [1.54, 1.807) is 18.2 Å². The zero-order valence-corrected chi connectivity index (χ0v) is 16.5. The lowest BCUT2D eigenvalue weighted by Crippen LogP contribution is -2.41. The van der Waals surface area contributed by atoms with E-state index >= 15 is 0 Å². The van der Waals surface area contributed by atoms with Gasteiger partial charge in [0.25, 0.3) is 0 Å². The third-order valence-electron chi connectivity index (χ3n) is 5.59. The molecule has 0 saturated heterocycles. The SMILES string of the molecule is O=C(O)CC1COc2cc(N(Cc3cccc4c3NCCC4)C(=O)C(F)(F)F)ccc21. The van der Waals surface area contributed by atoms with Gasteiger partial charge in [0.05, 0.1) is 19.6 Å². The van der Waals surface area contributed by atoms with Crippen molar-refractivity contribution < 1.29 is 32.6 Å². The minimum absolute atomic E-state index is 0.0467. The van der Waals surface area contributed by atoms with Crippen molar-refractivity contribution in [3.05, 3.63) is 53.1 Å². The van der Waals surface area contributed by atoms with Gasteiger partial charge in [-0.2, -0.15) is 13.2 Å². The molecular weight excluding hydrogens is 413 g/mol. The van der Waals surface area contributed by atoms with Crippen LogP contribution in [0.2, 0.25) is 0 Å². The van der Waals surface area contributed by atoms with Crippen molar-refractivity contribution in [2.24, 2.45) is 0 Å². The number of ether oxygens (including phenoxy) is 1. The molecule has 0 aromatic heterocycles. The maximum atomic E-state index is 13.4. The lowest BCUT2D eigenvalue weighted by Gasteiger charge is -2.27. The third-order valence-corrected chi connectivity index (χ3v) is 5.59. The van der Waals surface area contributed by atoms with E-state index in [2.05, 4.69) is 5.32 Å². The highest BCUT2D eigenvalue weighted by Gasteiger charge is 2.43. The van der Waals surface area contributed by atoms with Crippen LogP contribution in [0.5, 0.6) is 5.75 Å². The maximum Gasteiger partial charge on any atom is 0.471 e. The minimum atomic E-state index is -5.05. The van der Waals surface area contributed by atoms with Crippen molar-refractivity contribution in [1.29, 1.82) is 0 Å². The van der Waals surface area contributed by atoms with Crippen LogP contribution in [0.3, 0.4) is 0 Å². The second-order valence-electron chi connectivity index (χ2n) is 7.70. The van der Waals surface area contributed by atoms with Crippen LogP contribution in [0.1, 0.15) is 35.4 Å². The Balaban J connectivity index is 1.69. The molecule has 0 fully saturated rings. The first-order valence-corrected chi connectivity index (χ1v) is 9.96. The van der Waals surface area contributed by atoms with Crippen LogP contribution in [0, 0.1) is 0 Å². The first-order valence-electron chi connectivity index (χ1n) is 9.96. The minimum Gasteiger partial charge on any atom is -0.493 e. The van der Waals surface area contributed by atoms with Crippen molar-refractivity contribution in [3.63, 3.8) is 0 Å². The van der Waals surface area contributed by atoms with Crippen LogP contribution in [0.15, 0.2) is 36.4 Å². The molecule has 0 aliphatic carbocycles. The van der Waals surface area contributed by atoms with E-state index in [0.717, 1.165) is 30.6 Å². The summed E-state index contributed by atoms with van der Waals surface area (Å²) in [6.07, 6.45) is -3.43. The van der Waals surface area contributed by atoms with Crippen molar-refractivity contribution in [1.82, 2.24) is 0 Å². The number of carbonyl (C=O) groups is 2. The lowest BCUT2D eigenvalue weighted by molar-refractivity contribution is -0.170. The van der Waals surface area contributed by atoms with E-state index in [-0.39, 0.29) is 31.2 Å². The average Bonchev–Trinajstić information content (AvgIpc) is 3.12. The molecular formula is C22H21F3N2O4. The van der Waals surface area contributed by atoms with Gasteiger partial charge in [0.15, 0.2) is 0 Å². The molecule has 0 saturated carbocycles. The summed E-state index contributed by atoms with van der Waals surface area (Å²) in [5, 5.41) is 12.3. The molecule has 31 heavy (non-hydrogen) atoms. The van der Waals surface area contributed by atoms with Gasteiger partial charge in [-0.3, -0.25) is 14.5 Å². The molecule has 4 rings (SSSR count). The van der Waals surface area contributed by atoms with Crippen molar-refractivity contribution >= 4 is 23.3 Å². The second kappa shape index (κ2) is 8.13. The van der Waals surface area contributed by atoms with Gasteiger partial charge in [-0.15, -0.1) is 0 Å². The Labute approximate surface area is 176 Å². The molecule has 2 heterocycles. The molecule has 0 bridgehead atoms. The standard InChI is InChI=1S/C22H21F3N2O4/c23-22(24,25)21(30)27(11-14-4-1-3-13-5-2-8-26-20(13)14)16-6-7-17-15(9-19(28)29)12-31-18(17)10-16/h1,3-4,6-7,10,15,26H,2,5,8-9,11-12H2,(H,28,29). The molecule has 0 spiro atoms. The Morgan fingerprint density at radius 2 is 2.03 bits per heavy atom. The molecule has 164 valence electrons. The number of amides is 1. The van der Waals surface area contributed by atoms with Crippen LogP contribution >= 0.6 is 0 Å². The Bertz CT molecular complexity index is 1020. The Morgan fingerprint density at radius 3 is 2.77 bits per heavy atom. The summed E-state index contributed by atoms with van der Waals surface area (Å²) in [4.78, 5) is 24.0. The van der Waals surface area contributed by atoms with Crippen LogP contribution in [0.4, 0.5) is 24.5 Å². The number of benzene rings is 2. The number of hydrogen-bond acceptors (Lipinski definition) is 4. The number of anilines is 2. The number of aryl methyl sites for hydroxylation is 1. The maximum absolute atomic E-state index is 13.4. The molecule has 1 amide bonds. The summed E-state index contributed by atoms with van der Waals surface area (Å²) in [7, 11) is 0. The van der Waals surface area contributed by atoms with Crippen LogP contribution < -0.4 is 15.0 Å². The smallest absolute Gasteiger partial charge is 0.471 e. The van der Waals surface area contributed by atoms with Crippen LogP contribution in [-0.2, 0) is 22.6 Å². The number of rotatable bonds is 5. The number of carbonyl (C=O) groups excluding carboxylic acids is 1. The highest BCUT2D eigenvalue weighted by Crippen LogP contribution is 2.40. The first kappa shape index (κ1) is 21.0. The number of halogens is 3. The van der Waals surface area contributed by atoms with E-state index in [1.807, 2.05) is 6.07 Å². The fraction of sp³-hybridized carbons (Fsp3) is 0.364. The number of alkyl halides is 3. The highest BCUT2D eigenvalue weighted by molar-refractivity contribution is 5.97. The van der Waals surface area contributed by atoms with Gasteiger partial charge in [0.2, 0.25) is 0 Å². The molecule has 2 aliphatic heterocycles. The monoisotopic (exact) mass is 434 g/mol. The topological polar surface area (TPSA) is 78.9 Å². The van der Waals surface area contributed by atoms with E-state index in [1.165, 1.54) is 12.1 Å². The number of fused-ring (bicyclic) bond motifs is 2. The number of nitrogens with zero attached hydrogens (tertiary/aromatic N) is 1. The molecule has 2 aromatic carbocycles. The molecule has 1 atom stereocenters. The zero-order valence-electron chi connectivity index (χ0n) is 16.5. The predicted octanol–water partition coefficient (Wildman–Crippen LogP) is 4.09. The van der Waals surface area contributed by atoms with E-state index < -0.39 is 18.1 Å². The largest absolute Gasteiger partial charge is 0.493 e. The summed E-state index contributed by atoms with van der Waals surface area (Å²) in [5.41, 5.74) is 3.04. The highest BCUT2D eigenvalue weighted by atomic mass is 19.4. The number of nitrogens with one attached hydrogen (secondary N) is 1. The molecule has 2 aromatic rings. The quantitative estimate of drug-likeness (QED) is 0.741. The summed E-state index contributed by atoms with van der Waals surface area (Å²) in [6.45, 7) is 0.592. The Morgan fingerprint density at radius 1 is 1.23 bits per heavy atom. The van der Waals surface area contributed by atoms with Gasteiger partial charge < -0.3 is 15.2 Å². The summed E-state index contributed by atoms with van der Waals surface area (Å²) in [5.74, 6) is -3.03. The van der Waals surface area contributed by atoms with Gasteiger partial charge in [0.1, 0.15) is 5.75 Å². The molecule has 2 N–H and O–H groups in total. The molecule has 0 radical (unpaired) electrons. The number of aliphatic carboxylic acids is 1. The number of para-hydroxylation sites is 1. The van der Waals surface area contributed by atoms with E-state index in [9.17, 15) is 22.8 Å². The predicted molar refractivity (Wildman–Crippen MR) is 107 cm³/mol. The zero-order chi connectivity index (χ0) is 22.2. The first-order chi connectivity index (χ1) is 14.7. The molecule has 6 nitrogen and oxygen atoms in total. The van der Waals surface area contributed by atoms with E-state index in [4.69, 9.17) is 9.84 Å². The average molecular weight is 434 g/mol. The van der Waals surface area contributed by atoms with Crippen molar-refractivity contribution in [3.8, 4) is 5.75 Å². The van der Waals surface area contributed by atoms with Crippen LogP contribution in [-0.4, -0.2) is 36.3 Å².